The highest BCUT2D eigenvalue weighted by molar-refractivity contribution is 5.67. The first-order valence-electron chi connectivity index (χ1n) is 6.68. The van der Waals surface area contributed by atoms with E-state index in [1.54, 1.807) is 0 Å². The SMILES string of the molecule is Cc1ccc(CN)c(-c2cnn(-c3ccccc3)c2)c1. The van der Waals surface area contributed by atoms with Crippen molar-refractivity contribution in [3.63, 3.8) is 0 Å². The number of hydrogen-bond acceptors (Lipinski definition) is 2. The molecule has 3 heteroatoms. The first kappa shape index (κ1) is 12.6. The summed E-state index contributed by atoms with van der Waals surface area (Å²) in [5, 5.41) is 4.44. The predicted molar refractivity (Wildman–Crippen MR) is 81.6 cm³/mol. The highest BCUT2D eigenvalue weighted by Gasteiger charge is 2.07. The number of benzene rings is 2. The van der Waals surface area contributed by atoms with Crippen molar-refractivity contribution in [3.8, 4) is 16.8 Å². The van der Waals surface area contributed by atoms with Crippen LogP contribution in [0.2, 0.25) is 0 Å². The number of hydrogen-bond donors (Lipinski definition) is 1. The van der Waals surface area contributed by atoms with E-state index in [9.17, 15) is 0 Å². The van der Waals surface area contributed by atoms with Crippen molar-refractivity contribution >= 4 is 0 Å². The van der Waals surface area contributed by atoms with E-state index in [0.29, 0.717) is 6.54 Å². The molecule has 2 aromatic carbocycles. The molecule has 2 N–H and O–H groups in total. The molecular formula is C17H17N3. The second-order valence-electron chi connectivity index (χ2n) is 4.87. The lowest BCUT2D eigenvalue weighted by Crippen LogP contribution is -1.99. The molecule has 0 aliphatic rings. The van der Waals surface area contributed by atoms with Gasteiger partial charge in [0, 0.05) is 18.3 Å². The fourth-order valence-corrected chi connectivity index (χ4v) is 2.32. The van der Waals surface area contributed by atoms with Gasteiger partial charge in [-0.2, -0.15) is 5.10 Å². The third kappa shape index (κ3) is 2.36. The second kappa shape index (κ2) is 5.31. The zero-order valence-electron chi connectivity index (χ0n) is 11.5. The Bertz CT molecular complexity index is 714. The van der Waals surface area contributed by atoms with Gasteiger partial charge in [0.1, 0.15) is 0 Å². The monoisotopic (exact) mass is 263 g/mol. The predicted octanol–water partition coefficient (Wildman–Crippen LogP) is 3.31. The molecule has 100 valence electrons. The van der Waals surface area contributed by atoms with Crippen LogP contribution in [0, 0.1) is 6.92 Å². The van der Waals surface area contributed by atoms with E-state index < -0.39 is 0 Å². The first-order valence-corrected chi connectivity index (χ1v) is 6.68. The molecule has 3 nitrogen and oxygen atoms in total. The average Bonchev–Trinajstić information content (AvgIpc) is 2.98. The maximum Gasteiger partial charge on any atom is 0.0645 e. The largest absolute Gasteiger partial charge is 0.326 e. The van der Waals surface area contributed by atoms with E-state index >= 15 is 0 Å². The summed E-state index contributed by atoms with van der Waals surface area (Å²) in [5.41, 5.74) is 11.5. The number of rotatable bonds is 3. The summed E-state index contributed by atoms with van der Waals surface area (Å²) >= 11 is 0. The summed E-state index contributed by atoms with van der Waals surface area (Å²) in [6, 6.07) is 16.4. The Labute approximate surface area is 118 Å². The maximum atomic E-state index is 5.83. The van der Waals surface area contributed by atoms with Crippen molar-refractivity contribution in [1.82, 2.24) is 9.78 Å². The highest BCUT2D eigenvalue weighted by Crippen LogP contribution is 2.25. The quantitative estimate of drug-likeness (QED) is 0.788. The van der Waals surface area contributed by atoms with Crippen LogP contribution in [0.1, 0.15) is 11.1 Å². The standard InChI is InChI=1S/C17H17N3/c1-13-7-8-14(10-18)17(9-13)15-11-19-20(12-15)16-5-3-2-4-6-16/h2-9,11-12H,10,18H2,1H3. The van der Waals surface area contributed by atoms with E-state index in [-0.39, 0.29) is 0 Å². The molecule has 0 radical (unpaired) electrons. The summed E-state index contributed by atoms with van der Waals surface area (Å²) in [4.78, 5) is 0. The third-order valence-corrected chi connectivity index (χ3v) is 3.40. The number of nitrogens with zero attached hydrogens (tertiary/aromatic N) is 2. The van der Waals surface area contributed by atoms with Gasteiger partial charge in [0.25, 0.3) is 0 Å². The van der Waals surface area contributed by atoms with Crippen molar-refractivity contribution in [3.05, 3.63) is 72.1 Å². The molecule has 0 unspecified atom stereocenters. The Hall–Kier alpha value is -2.39. The van der Waals surface area contributed by atoms with E-state index in [2.05, 4.69) is 30.2 Å². The highest BCUT2D eigenvalue weighted by atomic mass is 15.3. The molecule has 0 bridgehead atoms. The van der Waals surface area contributed by atoms with Gasteiger partial charge in [-0.1, -0.05) is 42.0 Å². The minimum absolute atomic E-state index is 0.534. The van der Waals surface area contributed by atoms with Crippen molar-refractivity contribution in [1.29, 1.82) is 0 Å². The summed E-state index contributed by atoms with van der Waals surface area (Å²) in [5.74, 6) is 0. The minimum atomic E-state index is 0.534. The molecule has 1 aromatic heterocycles. The minimum Gasteiger partial charge on any atom is -0.326 e. The van der Waals surface area contributed by atoms with Gasteiger partial charge in [-0.25, -0.2) is 4.68 Å². The van der Waals surface area contributed by atoms with Crippen molar-refractivity contribution < 1.29 is 0 Å². The molecule has 0 fully saturated rings. The molecule has 0 aliphatic heterocycles. The number of para-hydroxylation sites is 1. The van der Waals surface area contributed by atoms with Crippen LogP contribution in [-0.2, 0) is 6.54 Å². The zero-order valence-corrected chi connectivity index (χ0v) is 11.5. The van der Waals surface area contributed by atoms with Crippen LogP contribution in [0.5, 0.6) is 0 Å². The Kier molecular flexibility index (Phi) is 3.35. The fraction of sp³-hybridized carbons (Fsp3) is 0.118. The van der Waals surface area contributed by atoms with Crippen LogP contribution in [-0.4, -0.2) is 9.78 Å². The van der Waals surface area contributed by atoms with Gasteiger partial charge in [-0.05, 0) is 30.2 Å². The molecule has 0 amide bonds. The number of aromatic nitrogens is 2. The molecule has 1 heterocycles. The van der Waals surface area contributed by atoms with E-state index in [4.69, 9.17) is 5.73 Å². The van der Waals surface area contributed by atoms with Gasteiger partial charge in [-0.15, -0.1) is 0 Å². The number of nitrogens with two attached hydrogens (primary N) is 1. The maximum absolute atomic E-state index is 5.83. The molecule has 3 aromatic rings. The Morgan fingerprint density at radius 2 is 1.90 bits per heavy atom. The Morgan fingerprint density at radius 1 is 1.10 bits per heavy atom. The lowest BCUT2D eigenvalue weighted by Gasteiger charge is -2.06. The fourth-order valence-electron chi connectivity index (χ4n) is 2.32. The summed E-state index contributed by atoms with van der Waals surface area (Å²) in [6.45, 7) is 2.62. The molecule has 0 spiro atoms. The van der Waals surface area contributed by atoms with E-state index in [0.717, 1.165) is 22.4 Å². The van der Waals surface area contributed by atoms with Crippen LogP contribution in [0.3, 0.4) is 0 Å². The summed E-state index contributed by atoms with van der Waals surface area (Å²) in [7, 11) is 0. The normalized spacial score (nSPS) is 10.7. The smallest absolute Gasteiger partial charge is 0.0645 e. The Balaban J connectivity index is 2.04. The van der Waals surface area contributed by atoms with Crippen LogP contribution in [0.15, 0.2) is 60.9 Å². The molecule has 0 aliphatic carbocycles. The molecule has 0 atom stereocenters. The molecular weight excluding hydrogens is 246 g/mol. The van der Waals surface area contributed by atoms with Gasteiger partial charge < -0.3 is 5.73 Å². The Morgan fingerprint density at radius 3 is 2.65 bits per heavy atom. The van der Waals surface area contributed by atoms with Crippen molar-refractivity contribution in [2.24, 2.45) is 5.73 Å². The van der Waals surface area contributed by atoms with Crippen molar-refractivity contribution in [2.45, 2.75) is 13.5 Å². The molecule has 3 rings (SSSR count). The van der Waals surface area contributed by atoms with Crippen molar-refractivity contribution in [2.75, 3.05) is 0 Å². The first-order chi connectivity index (χ1) is 9.78. The summed E-state index contributed by atoms with van der Waals surface area (Å²) in [6.07, 6.45) is 3.93. The van der Waals surface area contributed by atoms with Gasteiger partial charge in [-0.3, -0.25) is 0 Å². The van der Waals surface area contributed by atoms with Gasteiger partial charge in [0.15, 0.2) is 0 Å². The van der Waals surface area contributed by atoms with Crippen LogP contribution < -0.4 is 5.73 Å². The lowest BCUT2D eigenvalue weighted by atomic mass is 10.00. The topological polar surface area (TPSA) is 43.8 Å². The molecule has 0 saturated carbocycles. The van der Waals surface area contributed by atoms with Gasteiger partial charge in [0.05, 0.1) is 11.9 Å². The molecule has 20 heavy (non-hydrogen) atoms. The van der Waals surface area contributed by atoms with E-state index in [1.165, 1.54) is 5.56 Å². The second-order valence-corrected chi connectivity index (χ2v) is 4.87. The lowest BCUT2D eigenvalue weighted by molar-refractivity contribution is 0.881. The van der Waals surface area contributed by atoms with E-state index in [1.807, 2.05) is 47.4 Å². The van der Waals surface area contributed by atoms with Crippen LogP contribution in [0.4, 0.5) is 0 Å². The van der Waals surface area contributed by atoms with Crippen LogP contribution in [0.25, 0.3) is 16.8 Å². The summed E-state index contributed by atoms with van der Waals surface area (Å²) < 4.78 is 1.89. The average molecular weight is 263 g/mol. The number of aryl methyl sites for hydroxylation is 1. The van der Waals surface area contributed by atoms with Crippen LogP contribution >= 0.6 is 0 Å². The van der Waals surface area contributed by atoms with Gasteiger partial charge >= 0.3 is 0 Å². The van der Waals surface area contributed by atoms with Gasteiger partial charge in [0.2, 0.25) is 0 Å². The zero-order chi connectivity index (χ0) is 13.9. The molecule has 0 saturated heterocycles. The third-order valence-electron chi connectivity index (χ3n) is 3.40.